The topological polar surface area (TPSA) is 72.3 Å². The maximum atomic E-state index is 12.3. The molecule has 0 radical (unpaired) electrons. The third kappa shape index (κ3) is 6.15. The maximum absolute atomic E-state index is 12.3. The van der Waals surface area contributed by atoms with Crippen molar-refractivity contribution in [1.29, 1.82) is 0 Å². The molecule has 0 aromatic heterocycles. The molecule has 1 atom stereocenters. The lowest BCUT2D eigenvalue weighted by molar-refractivity contribution is -0.118. The Balaban J connectivity index is 1.37. The van der Waals surface area contributed by atoms with E-state index in [1.54, 1.807) is 13.3 Å². The van der Waals surface area contributed by atoms with Crippen LogP contribution in [0.5, 0.6) is 11.5 Å². The van der Waals surface area contributed by atoms with Gasteiger partial charge < -0.3 is 14.8 Å². The van der Waals surface area contributed by atoms with E-state index < -0.39 is 0 Å². The first-order valence-electron chi connectivity index (χ1n) is 10.3. The van der Waals surface area contributed by atoms with Crippen molar-refractivity contribution in [3.05, 3.63) is 94.5 Å². The fourth-order valence-electron chi connectivity index (χ4n) is 3.22. The van der Waals surface area contributed by atoms with E-state index in [2.05, 4.69) is 15.5 Å². The van der Waals surface area contributed by atoms with E-state index >= 15 is 0 Å². The first-order chi connectivity index (χ1) is 16.1. The smallest absolute Gasteiger partial charge is 0.239 e. The van der Waals surface area contributed by atoms with Crippen LogP contribution in [-0.2, 0) is 17.8 Å². The van der Waals surface area contributed by atoms with Gasteiger partial charge in [-0.2, -0.15) is 5.10 Å². The first-order valence-corrected chi connectivity index (χ1v) is 11.5. The molecule has 1 aliphatic rings. The van der Waals surface area contributed by atoms with Gasteiger partial charge in [-0.15, -0.1) is 5.10 Å². The summed E-state index contributed by atoms with van der Waals surface area (Å²) in [6, 6.07) is 23.0. The molecule has 3 aromatic rings. The highest BCUT2D eigenvalue weighted by Crippen LogP contribution is 2.29. The summed E-state index contributed by atoms with van der Waals surface area (Å²) in [5.41, 5.74) is 2.80. The number of amidine groups is 1. The molecule has 1 heterocycles. The minimum absolute atomic E-state index is 0.101. The number of thioether (sulfide) groups is 1. The van der Waals surface area contributed by atoms with Gasteiger partial charge in [0.15, 0.2) is 16.7 Å². The summed E-state index contributed by atoms with van der Waals surface area (Å²) in [5.74, 6) is 1.15. The van der Waals surface area contributed by atoms with E-state index in [9.17, 15) is 4.79 Å². The molecule has 0 saturated carbocycles. The number of methoxy groups -OCH3 is 1. The molecule has 6 nitrogen and oxygen atoms in total. The van der Waals surface area contributed by atoms with Gasteiger partial charge in [0.2, 0.25) is 5.91 Å². The Kier molecular flexibility index (Phi) is 7.65. The molecule has 1 fully saturated rings. The van der Waals surface area contributed by atoms with Crippen molar-refractivity contribution in [2.24, 2.45) is 10.2 Å². The lowest BCUT2D eigenvalue weighted by Gasteiger charge is -2.11. The third-order valence-electron chi connectivity index (χ3n) is 4.92. The van der Waals surface area contributed by atoms with Crippen LogP contribution in [0.25, 0.3) is 0 Å². The highest BCUT2D eigenvalue weighted by Gasteiger charge is 2.30. The number of ether oxygens (including phenoxy) is 2. The predicted octanol–water partition coefficient (Wildman–Crippen LogP) is 5.09. The van der Waals surface area contributed by atoms with E-state index in [0.29, 0.717) is 34.7 Å². The van der Waals surface area contributed by atoms with Crippen LogP contribution in [0, 0.1) is 0 Å². The molecule has 0 bridgehead atoms. The largest absolute Gasteiger partial charge is 0.493 e. The van der Waals surface area contributed by atoms with E-state index in [-0.39, 0.29) is 11.2 Å². The van der Waals surface area contributed by atoms with Gasteiger partial charge >= 0.3 is 0 Å². The Morgan fingerprint density at radius 3 is 2.64 bits per heavy atom. The van der Waals surface area contributed by atoms with Gasteiger partial charge in [0.1, 0.15) is 6.61 Å². The molecule has 0 spiro atoms. The zero-order valence-corrected chi connectivity index (χ0v) is 19.5. The molecule has 1 unspecified atom stereocenters. The summed E-state index contributed by atoms with van der Waals surface area (Å²) in [4.78, 5) is 12.3. The number of amides is 1. The van der Waals surface area contributed by atoms with E-state index in [0.717, 1.165) is 16.7 Å². The van der Waals surface area contributed by atoms with Crippen LogP contribution in [0.15, 0.2) is 83.0 Å². The van der Waals surface area contributed by atoms with Crippen molar-refractivity contribution in [3.63, 3.8) is 0 Å². The maximum Gasteiger partial charge on any atom is 0.239 e. The molecule has 3 aromatic carbocycles. The van der Waals surface area contributed by atoms with Gasteiger partial charge in [-0.05, 0) is 47.4 Å². The number of carbonyl (C=O) groups is 1. The second kappa shape index (κ2) is 11.0. The Morgan fingerprint density at radius 1 is 1.06 bits per heavy atom. The van der Waals surface area contributed by atoms with Crippen LogP contribution in [0.1, 0.15) is 16.7 Å². The zero-order valence-electron chi connectivity index (χ0n) is 17.9. The van der Waals surface area contributed by atoms with E-state index in [1.807, 2.05) is 72.8 Å². The van der Waals surface area contributed by atoms with Gasteiger partial charge in [0.25, 0.3) is 0 Å². The molecule has 168 valence electrons. The fourth-order valence-corrected chi connectivity index (χ4v) is 4.38. The summed E-state index contributed by atoms with van der Waals surface area (Å²) in [6.45, 7) is 0.449. The number of benzene rings is 3. The Bertz CT molecular complexity index is 1180. The summed E-state index contributed by atoms with van der Waals surface area (Å²) >= 11 is 7.56. The molecule has 1 amide bonds. The Hall–Kier alpha value is -3.29. The fraction of sp³-hybridized carbons (Fsp3) is 0.160. The van der Waals surface area contributed by atoms with Gasteiger partial charge in [0.05, 0.1) is 18.6 Å². The number of hydrogen-bond donors (Lipinski definition) is 1. The van der Waals surface area contributed by atoms with Crippen molar-refractivity contribution in [3.8, 4) is 11.5 Å². The molecule has 4 rings (SSSR count). The van der Waals surface area contributed by atoms with Crippen molar-refractivity contribution in [2.75, 3.05) is 7.11 Å². The van der Waals surface area contributed by atoms with Crippen molar-refractivity contribution in [2.45, 2.75) is 18.3 Å². The second-order valence-electron chi connectivity index (χ2n) is 7.23. The van der Waals surface area contributed by atoms with Crippen LogP contribution in [0.3, 0.4) is 0 Å². The third-order valence-corrected chi connectivity index (χ3v) is 6.36. The summed E-state index contributed by atoms with van der Waals surface area (Å²) < 4.78 is 11.3. The van der Waals surface area contributed by atoms with Crippen molar-refractivity contribution >= 4 is 40.7 Å². The van der Waals surface area contributed by atoms with Gasteiger partial charge in [-0.25, -0.2) is 0 Å². The van der Waals surface area contributed by atoms with Gasteiger partial charge in [-0.3, -0.25) is 4.79 Å². The molecule has 1 aliphatic heterocycles. The highest BCUT2D eigenvalue weighted by molar-refractivity contribution is 8.15. The van der Waals surface area contributed by atoms with Crippen LogP contribution < -0.4 is 14.8 Å². The molecule has 1 N–H and O–H groups in total. The molecular weight excluding hydrogens is 458 g/mol. The molecular formula is C25H22ClN3O3S. The lowest BCUT2D eigenvalue weighted by Crippen LogP contribution is -2.26. The minimum atomic E-state index is -0.292. The van der Waals surface area contributed by atoms with Crippen LogP contribution >= 0.6 is 23.4 Å². The minimum Gasteiger partial charge on any atom is -0.493 e. The Labute approximate surface area is 201 Å². The number of nitrogens with one attached hydrogen (secondary N) is 1. The van der Waals surface area contributed by atoms with Crippen LogP contribution in [-0.4, -0.2) is 29.6 Å². The number of halogens is 1. The number of carbonyl (C=O) groups excluding carboxylic acids is 1. The van der Waals surface area contributed by atoms with Crippen LogP contribution in [0.4, 0.5) is 0 Å². The molecule has 33 heavy (non-hydrogen) atoms. The molecule has 0 aliphatic carbocycles. The lowest BCUT2D eigenvalue weighted by atomic mass is 10.1. The second-order valence-corrected chi connectivity index (χ2v) is 8.82. The zero-order chi connectivity index (χ0) is 23.0. The normalized spacial score (nSPS) is 16.8. The number of nitrogens with zero attached hydrogens (tertiary/aromatic N) is 2. The number of rotatable bonds is 8. The quantitative estimate of drug-likeness (QED) is 0.360. The average molecular weight is 480 g/mol. The SMILES string of the molecule is COc1cc(C=N/N=C2\NC(=O)C(Cc3ccccc3Cl)S2)ccc1OCc1ccccc1. The van der Waals surface area contributed by atoms with E-state index in [1.165, 1.54) is 11.8 Å². The van der Waals surface area contributed by atoms with Gasteiger partial charge in [-0.1, -0.05) is 71.9 Å². The van der Waals surface area contributed by atoms with Crippen molar-refractivity contribution in [1.82, 2.24) is 5.32 Å². The molecule has 8 heteroatoms. The summed E-state index contributed by atoms with van der Waals surface area (Å²) in [5, 5.41) is 11.9. The summed E-state index contributed by atoms with van der Waals surface area (Å²) in [7, 11) is 1.59. The first kappa shape index (κ1) is 22.9. The average Bonchev–Trinajstić information content (AvgIpc) is 3.19. The standard InChI is InChI=1S/C25H22ClN3O3S/c1-31-22-13-18(11-12-21(22)32-16-17-7-3-2-4-8-17)15-27-29-25-28-24(30)23(33-25)14-19-9-5-6-10-20(19)26/h2-13,15,23H,14,16H2,1H3,(H,28,29,30). The van der Waals surface area contributed by atoms with E-state index in [4.69, 9.17) is 21.1 Å². The molecule has 1 saturated heterocycles. The predicted molar refractivity (Wildman–Crippen MR) is 133 cm³/mol. The van der Waals surface area contributed by atoms with Crippen LogP contribution in [0.2, 0.25) is 5.02 Å². The van der Waals surface area contributed by atoms with Crippen molar-refractivity contribution < 1.29 is 14.3 Å². The summed E-state index contributed by atoms with van der Waals surface area (Å²) in [6.07, 6.45) is 2.13. The highest BCUT2D eigenvalue weighted by atomic mass is 35.5. The monoisotopic (exact) mass is 479 g/mol. The Morgan fingerprint density at radius 2 is 1.85 bits per heavy atom. The number of hydrogen-bond acceptors (Lipinski definition) is 6. The van der Waals surface area contributed by atoms with Gasteiger partial charge in [0, 0.05) is 5.02 Å².